The minimum absolute atomic E-state index is 0.0547. The standard InChI is InChI=1S/C9H12FNO/c1-6(11)4-7-2-3-8(12)5-9(7)10/h2-3,5-6,12H,4,11H2,1H3/t6-/m1/s1. The Morgan fingerprint density at radius 3 is 2.75 bits per heavy atom. The maximum atomic E-state index is 13.0. The lowest BCUT2D eigenvalue weighted by molar-refractivity contribution is 0.467. The Morgan fingerprint density at radius 2 is 2.25 bits per heavy atom. The monoisotopic (exact) mass is 169 g/mol. The van der Waals surface area contributed by atoms with Gasteiger partial charge in [-0.3, -0.25) is 0 Å². The summed E-state index contributed by atoms with van der Waals surface area (Å²) >= 11 is 0. The van der Waals surface area contributed by atoms with Crippen LogP contribution in [-0.4, -0.2) is 11.1 Å². The van der Waals surface area contributed by atoms with Gasteiger partial charge in [-0.05, 0) is 25.0 Å². The Balaban J connectivity index is 2.86. The summed E-state index contributed by atoms with van der Waals surface area (Å²) in [5.41, 5.74) is 6.05. The first-order valence-corrected chi connectivity index (χ1v) is 3.82. The molecular weight excluding hydrogens is 157 g/mol. The molecule has 1 atom stereocenters. The van der Waals surface area contributed by atoms with Crippen LogP contribution >= 0.6 is 0 Å². The maximum absolute atomic E-state index is 13.0. The summed E-state index contributed by atoms with van der Waals surface area (Å²) in [7, 11) is 0. The topological polar surface area (TPSA) is 46.2 Å². The Hall–Kier alpha value is -1.09. The van der Waals surface area contributed by atoms with E-state index in [0.29, 0.717) is 12.0 Å². The van der Waals surface area contributed by atoms with Gasteiger partial charge in [-0.1, -0.05) is 6.07 Å². The average molecular weight is 169 g/mol. The molecule has 1 rings (SSSR count). The van der Waals surface area contributed by atoms with Crippen molar-refractivity contribution in [3.05, 3.63) is 29.6 Å². The molecule has 1 aromatic rings. The number of aromatic hydroxyl groups is 1. The van der Waals surface area contributed by atoms with Crippen LogP contribution in [0.2, 0.25) is 0 Å². The van der Waals surface area contributed by atoms with Crippen LogP contribution in [0, 0.1) is 5.82 Å². The van der Waals surface area contributed by atoms with E-state index in [2.05, 4.69) is 0 Å². The molecule has 3 heteroatoms. The second-order valence-corrected chi connectivity index (χ2v) is 2.96. The van der Waals surface area contributed by atoms with E-state index in [1.165, 1.54) is 6.07 Å². The molecule has 2 nitrogen and oxygen atoms in total. The smallest absolute Gasteiger partial charge is 0.130 e. The van der Waals surface area contributed by atoms with Crippen molar-refractivity contribution in [2.24, 2.45) is 5.73 Å². The van der Waals surface area contributed by atoms with Gasteiger partial charge in [0.25, 0.3) is 0 Å². The van der Waals surface area contributed by atoms with Crippen molar-refractivity contribution in [1.29, 1.82) is 0 Å². The molecular formula is C9H12FNO. The minimum Gasteiger partial charge on any atom is -0.508 e. The third-order valence-electron chi connectivity index (χ3n) is 1.58. The first-order valence-electron chi connectivity index (χ1n) is 3.82. The van der Waals surface area contributed by atoms with Crippen LogP contribution in [-0.2, 0) is 6.42 Å². The molecule has 0 aliphatic heterocycles. The van der Waals surface area contributed by atoms with Crippen molar-refractivity contribution in [2.75, 3.05) is 0 Å². The molecule has 0 fully saturated rings. The lowest BCUT2D eigenvalue weighted by Gasteiger charge is -2.05. The Bertz CT molecular complexity index is 273. The van der Waals surface area contributed by atoms with E-state index in [0.717, 1.165) is 6.07 Å². The second-order valence-electron chi connectivity index (χ2n) is 2.96. The number of benzene rings is 1. The summed E-state index contributed by atoms with van der Waals surface area (Å²) in [5, 5.41) is 8.90. The van der Waals surface area contributed by atoms with E-state index in [4.69, 9.17) is 10.8 Å². The quantitative estimate of drug-likeness (QED) is 0.703. The number of phenols is 1. The number of hydrogen-bond acceptors (Lipinski definition) is 2. The Morgan fingerprint density at radius 1 is 1.58 bits per heavy atom. The molecule has 0 saturated carbocycles. The zero-order valence-electron chi connectivity index (χ0n) is 6.92. The lowest BCUT2D eigenvalue weighted by Crippen LogP contribution is -2.18. The van der Waals surface area contributed by atoms with Gasteiger partial charge in [0.05, 0.1) is 0 Å². The predicted molar refractivity (Wildman–Crippen MR) is 45.4 cm³/mol. The average Bonchev–Trinajstić information content (AvgIpc) is 1.94. The zero-order chi connectivity index (χ0) is 9.14. The van der Waals surface area contributed by atoms with E-state index in [1.807, 2.05) is 6.92 Å². The molecule has 0 aliphatic rings. The molecule has 66 valence electrons. The van der Waals surface area contributed by atoms with Crippen LogP contribution in [0.15, 0.2) is 18.2 Å². The molecule has 0 amide bonds. The molecule has 0 unspecified atom stereocenters. The zero-order valence-corrected chi connectivity index (χ0v) is 6.92. The number of halogens is 1. The Labute approximate surface area is 70.8 Å². The molecule has 12 heavy (non-hydrogen) atoms. The van der Waals surface area contributed by atoms with Gasteiger partial charge in [-0.15, -0.1) is 0 Å². The van der Waals surface area contributed by atoms with Gasteiger partial charge in [0.2, 0.25) is 0 Å². The fraction of sp³-hybridized carbons (Fsp3) is 0.333. The first-order chi connectivity index (χ1) is 5.59. The van der Waals surface area contributed by atoms with Crippen LogP contribution in [0.5, 0.6) is 5.75 Å². The largest absolute Gasteiger partial charge is 0.508 e. The maximum Gasteiger partial charge on any atom is 0.130 e. The first kappa shape index (κ1) is 9.00. The second kappa shape index (κ2) is 3.54. The van der Waals surface area contributed by atoms with Gasteiger partial charge in [-0.2, -0.15) is 0 Å². The number of rotatable bonds is 2. The van der Waals surface area contributed by atoms with E-state index < -0.39 is 5.82 Å². The molecule has 3 N–H and O–H groups in total. The van der Waals surface area contributed by atoms with Gasteiger partial charge in [0.1, 0.15) is 11.6 Å². The van der Waals surface area contributed by atoms with Gasteiger partial charge in [-0.25, -0.2) is 4.39 Å². The Kier molecular flexibility index (Phi) is 2.65. The summed E-state index contributed by atoms with van der Waals surface area (Å²) in [5.74, 6) is -0.451. The molecule has 0 saturated heterocycles. The summed E-state index contributed by atoms with van der Waals surface area (Å²) in [6.45, 7) is 1.81. The number of phenolic OH excluding ortho intramolecular Hbond substituents is 1. The van der Waals surface area contributed by atoms with Crippen molar-refractivity contribution >= 4 is 0 Å². The van der Waals surface area contributed by atoms with Crippen molar-refractivity contribution in [3.8, 4) is 5.75 Å². The molecule has 1 aromatic carbocycles. The highest BCUT2D eigenvalue weighted by atomic mass is 19.1. The van der Waals surface area contributed by atoms with Crippen LogP contribution in [0.4, 0.5) is 4.39 Å². The third kappa shape index (κ3) is 2.20. The molecule has 0 radical (unpaired) electrons. The number of hydrogen-bond donors (Lipinski definition) is 2. The molecule has 0 spiro atoms. The van der Waals surface area contributed by atoms with Crippen molar-refractivity contribution < 1.29 is 9.50 Å². The SMILES string of the molecule is C[C@@H](N)Cc1ccc(O)cc1F. The van der Waals surface area contributed by atoms with Crippen LogP contribution < -0.4 is 5.73 Å². The van der Waals surface area contributed by atoms with Gasteiger partial charge in [0, 0.05) is 12.1 Å². The van der Waals surface area contributed by atoms with Gasteiger partial charge < -0.3 is 10.8 Å². The van der Waals surface area contributed by atoms with Crippen LogP contribution in [0.3, 0.4) is 0 Å². The van der Waals surface area contributed by atoms with Crippen molar-refractivity contribution in [2.45, 2.75) is 19.4 Å². The number of nitrogens with two attached hydrogens (primary N) is 1. The summed E-state index contributed by atoms with van der Waals surface area (Å²) < 4.78 is 13.0. The molecule has 0 aromatic heterocycles. The summed E-state index contributed by atoms with van der Waals surface area (Å²) in [4.78, 5) is 0. The fourth-order valence-corrected chi connectivity index (χ4v) is 1.05. The normalized spacial score (nSPS) is 12.9. The predicted octanol–water partition coefficient (Wildman–Crippen LogP) is 1.42. The minimum atomic E-state index is -0.396. The van der Waals surface area contributed by atoms with E-state index in [1.54, 1.807) is 6.07 Å². The highest BCUT2D eigenvalue weighted by Gasteiger charge is 2.04. The highest BCUT2D eigenvalue weighted by molar-refractivity contribution is 5.28. The highest BCUT2D eigenvalue weighted by Crippen LogP contribution is 2.15. The fourth-order valence-electron chi connectivity index (χ4n) is 1.05. The van der Waals surface area contributed by atoms with Crippen molar-refractivity contribution in [3.63, 3.8) is 0 Å². The van der Waals surface area contributed by atoms with E-state index in [-0.39, 0.29) is 11.8 Å². The summed E-state index contributed by atoms with van der Waals surface area (Å²) in [6.07, 6.45) is 0.492. The lowest BCUT2D eigenvalue weighted by atomic mass is 10.1. The van der Waals surface area contributed by atoms with Gasteiger partial charge in [0.15, 0.2) is 0 Å². The van der Waals surface area contributed by atoms with Crippen LogP contribution in [0.25, 0.3) is 0 Å². The van der Waals surface area contributed by atoms with Crippen LogP contribution in [0.1, 0.15) is 12.5 Å². The molecule has 0 aliphatic carbocycles. The van der Waals surface area contributed by atoms with E-state index in [9.17, 15) is 4.39 Å². The van der Waals surface area contributed by atoms with Crippen molar-refractivity contribution in [1.82, 2.24) is 0 Å². The molecule has 0 bridgehead atoms. The van der Waals surface area contributed by atoms with Gasteiger partial charge >= 0.3 is 0 Å². The third-order valence-corrected chi connectivity index (χ3v) is 1.58. The van der Waals surface area contributed by atoms with E-state index >= 15 is 0 Å². The summed E-state index contributed by atoms with van der Waals surface area (Å²) in [6, 6.07) is 4.04. The molecule has 0 heterocycles.